The summed E-state index contributed by atoms with van der Waals surface area (Å²) in [4.78, 5) is 13.8. The van der Waals surface area contributed by atoms with Gasteiger partial charge >= 0.3 is 24.6 Å². The number of cyclic esters (lactones) is 1. The van der Waals surface area contributed by atoms with Crippen LogP contribution in [0.3, 0.4) is 0 Å². The molecule has 0 saturated carbocycles. The van der Waals surface area contributed by atoms with Crippen LogP contribution in [0, 0.1) is 0 Å². The molecule has 1 unspecified atom stereocenters. The number of carbonyl (C=O) groups excluding carboxylic acids is 1. The first-order chi connectivity index (χ1) is 19.8. The third kappa shape index (κ3) is 6.70. The standard InChI is InChI=1S/C30H26F9NO3/c1-15(2)18-5-8-25(42-4)23(11-18)22-7-6-19(28(31,32)33)13-24(22)26-16(3)40(27(41)43-26)14-17-9-20(29(34,35)36)12-21(10-17)30(37,38)39/h5-13,15-16,26H,14H2,1-4H3/t16-,26?/m0/s1. The van der Waals surface area contributed by atoms with Gasteiger partial charge in [0.05, 0.1) is 29.8 Å². The third-order valence-corrected chi connectivity index (χ3v) is 7.26. The molecule has 4 rings (SSSR count). The molecule has 0 aliphatic carbocycles. The van der Waals surface area contributed by atoms with Crippen LogP contribution in [0.1, 0.15) is 66.2 Å². The number of halogens is 9. The van der Waals surface area contributed by atoms with Crippen molar-refractivity contribution >= 4 is 6.09 Å². The van der Waals surface area contributed by atoms with E-state index in [0.29, 0.717) is 23.4 Å². The highest BCUT2D eigenvalue weighted by Gasteiger charge is 2.43. The molecule has 0 bridgehead atoms. The molecule has 0 N–H and O–H groups in total. The van der Waals surface area contributed by atoms with Crippen molar-refractivity contribution in [3.8, 4) is 16.9 Å². The number of amides is 1. The van der Waals surface area contributed by atoms with Crippen molar-refractivity contribution < 1.29 is 53.8 Å². The van der Waals surface area contributed by atoms with Gasteiger partial charge in [-0.2, -0.15) is 39.5 Å². The second-order valence-corrected chi connectivity index (χ2v) is 10.5. The maximum atomic E-state index is 13.8. The monoisotopic (exact) mass is 619 g/mol. The van der Waals surface area contributed by atoms with Crippen LogP contribution in [0.5, 0.6) is 5.75 Å². The summed E-state index contributed by atoms with van der Waals surface area (Å²) in [5, 5.41) is 0. The third-order valence-electron chi connectivity index (χ3n) is 7.26. The van der Waals surface area contributed by atoms with Crippen LogP contribution in [-0.4, -0.2) is 24.1 Å². The lowest BCUT2D eigenvalue weighted by molar-refractivity contribution is -0.143. The highest BCUT2D eigenvalue weighted by molar-refractivity contribution is 5.77. The van der Waals surface area contributed by atoms with E-state index in [0.717, 1.165) is 22.6 Å². The average Bonchev–Trinajstić information content (AvgIpc) is 3.18. The molecule has 232 valence electrons. The minimum Gasteiger partial charge on any atom is -0.496 e. The fourth-order valence-electron chi connectivity index (χ4n) is 4.96. The molecule has 1 aliphatic rings. The van der Waals surface area contributed by atoms with Crippen LogP contribution in [0.15, 0.2) is 54.6 Å². The quantitative estimate of drug-likeness (QED) is 0.258. The molecule has 0 radical (unpaired) electrons. The zero-order chi connectivity index (χ0) is 32.1. The molecule has 1 amide bonds. The van der Waals surface area contributed by atoms with Crippen LogP contribution in [0.4, 0.5) is 44.3 Å². The van der Waals surface area contributed by atoms with Gasteiger partial charge in [0.25, 0.3) is 0 Å². The number of benzene rings is 3. The Balaban J connectivity index is 1.81. The topological polar surface area (TPSA) is 38.8 Å². The lowest BCUT2D eigenvalue weighted by Crippen LogP contribution is -2.31. The van der Waals surface area contributed by atoms with Gasteiger partial charge in [-0.3, -0.25) is 4.90 Å². The molecule has 0 spiro atoms. The zero-order valence-electron chi connectivity index (χ0n) is 23.2. The average molecular weight is 620 g/mol. The van der Waals surface area contributed by atoms with Gasteiger partial charge in [-0.25, -0.2) is 4.79 Å². The van der Waals surface area contributed by atoms with Gasteiger partial charge in [0, 0.05) is 17.7 Å². The summed E-state index contributed by atoms with van der Waals surface area (Å²) in [5.74, 6) is 0.359. The Morgan fingerprint density at radius 2 is 1.37 bits per heavy atom. The number of carbonyl (C=O) groups is 1. The molecular formula is C30H26F9NO3. The number of ether oxygens (including phenoxy) is 2. The minimum absolute atomic E-state index is 0.0361. The Kier molecular flexibility index (Phi) is 8.42. The SMILES string of the molecule is COc1ccc(C(C)C)cc1-c1ccc(C(F)(F)F)cc1C1OC(=O)N(Cc2cc(C(F)(F)F)cc(C(F)(F)F)c2)[C@H]1C. The van der Waals surface area contributed by atoms with E-state index in [1.807, 2.05) is 13.8 Å². The van der Waals surface area contributed by atoms with E-state index in [1.165, 1.54) is 20.1 Å². The summed E-state index contributed by atoms with van der Waals surface area (Å²) in [6, 6.07) is 7.92. The summed E-state index contributed by atoms with van der Waals surface area (Å²) in [6.45, 7) is 4.50. The van der Waals surface area contributed by atoms with Crippen LogP contribution < -0.4 is 4.74 Å². The Hall–Kier alpha value is -3.90. The van der Waals surface area contributed by atoms with Gasteiger partial charge in [0.15, 0.2) is 0 Å². The minimum atomic E-state index is -5.10. The van der Waals surface area contributed by atoms with E-state index in [-0.39, 0.29) is 23.1 Å². The maximum absolute atomic E-state index is 13.8. The van der Waals surface area contributed by atoms with Crippen molar-refractivity contribution in [1.82, 2.24) is 4.90 Å². The zero-order valence-corrected chi connectivity index (χ0v) is 23.2. The summed E-state index contributed by atoms with van der Waals surface area (Å²) in [5.41, 5.74) is -3.22. The molecule has 3 aromatic rings. The summed E-state index contributed by atoms with van der Waals surface area (Å²) in [6.07, 6.45) is -17.5. The van der Waals surface area contributed by atoms with Gasteiger partial charge in [-0.05, 0) is 72.0 Å². The molecule has 3 aromatic carbocycles. The molecule has 43 heavy (non-hydrogen) atoms. The summed E-state index contributed by atoms with van der Waals surface area (Å²) >= 11 is 0. The van der Waals surface area contributed by atoms with Gasteiger partial charge in [-0.1, -0.05) is 26.0 Å². The lowest BCUT2D eigenvalue weighted by atomic mass is 9.89. The number of methoxy groups -OCH3 is 1. The molecule has 13 heteroatoms. The molecule has 1 heterocycles. The van der Waals surface area contributed by atoms with E-state index in [9.17, 15) is 44.3 Å². The number of hydrogen-bond acceptors (Lipinski definition) is 3. The van der Waals surface area contributed by atoms with Gasteiger partial charge in [-0.15, -0.1) is 0 Å². The fraction of sp³-hybridized carbons (Fsp3) is 0.367. The van der Waals surface area contributed by atoms with Crippen molar-refractivity contribution in [2.45, 2.75) is 63.9 Å². The van der Waals surface area contributed by atoms with Crippen LogP contribution in [-0.2, 0) is 29.8 Å². The second-order valence-electron chi connectivity index (χ2n) is 10.5. The van der Waals surface area contributed by atoms with Crippen molar-refractivity contribution in [3.05, 3.63) is 88.0 Å². The van der Waals surface area contributed by atoms with Gasteiger partial charge in [0.2, 0.25) is 0 Å². The van der Waals surface area contributed by atoms with E-state index in [1.54, 1.807) is 18.2 Å². The van der Waals surface area contributed by atoms with E-state index in [4.69, 9.17) is 9.47 Å². The molecule has 2 atom stereocenters. The Bertz CT molecular complexity index is 1480. The first-order valence-electron chi connectivity index (χ1n) is 13.0. The Morgan fingerprint density at radius 3 is 1.88 bits per heavy atom. The molecule has 0 aromatic heterocycles. The first-order valence-corrected chi connectivity index (χ1v) is 13.0. The Labute approximate surface area is 241 Å². The first kappa shape index (κ1) is 32.0. The summed E-state index contributed by atoms with van der Waals surface area (Å²) < 4.78 is 133. The molecule has 1 aliphatic heterocycles. The fourth-order valence-corrected chi connectivity index (χ4v) is 4.96. The second kappa shape index (κ2) is 11.3. The van der Waals surface area contributed by atoms with Crippen molar-refractivity contribution in [2.24, 2.45) is 0 Å². The lowest BCUT2D eigenvalue weighted by Gasteiger charge is -2.24. The van der Waals surface area contributed by atoms with E-state index in [2.05, 4.69) is 0 Å². The van der Waals surface area contributed by atoms with E-state index >= 15 is 0 Å². The number of hydrogen-bond donors (Lipinski definition) is 0. The number of nitrogens with zero attached hydrogens (tertiary/aromatic N) is 1. The highest BCUT2D eigenvalue weighted by atomic mass is 19.4. The molecule has 1 saturated heterocycles. The highest BCUT2D eigenvalue weighted by Crippen LogP contribution is 2.45. The van der Waals surface area contributed by atoms with Crippen molar-refractivity contribution in [2.75, 3.05) is 7.11 Å². The number of alkyl halides is 9. The largest absolute Gasteiger partial charge is 0.496 e. The van der Waals surface area contributed by atoms with Crippen molar-refractivity contribution in [1.29, 1.82) is 0 Å². The van der Waals surface area contributed by atoms with E-state index < -0.39 is 65.6 Å². The summed E-state index contributed by atoms with van der Waals surface area (Å²) in [7, 11) is 1.38. The number of rotatable bonds is 6. The maximum Gasteiger partial charge on any atom is 0.416 e. The Morgan fingerprint density at radius 1 is 0.791 bits per heavy atom. The molecule has 4 nitrogen and oxygen atoms in total. The van der Waals surface area contributed by atoms with Crippen LogP contribution >= 0.6 is 0 Å². The van der Waals surface area contributed by atoms with Crippen LogP contribution in [0.25, 0.3) is 11.1 Å². The van der Waals surface area contributed by atoms with Crippen molar-refractivity contribution in [3.63, 3.8) is 0 Å². The molecular weight excluding hydrogens is 593 g/mol. The van der Waals surface area contributed by atoms with Gasteiger partial charge < -0.3 is 9.47 Å². The predicted molar refractivity (Wildman–Crippen MR) is 138 cm³/mol. The smallest absolute Gasteiger partial charge is 0.416 e. The van der Waals surface area contributed by atoms with Gasteiger partial charge in [0.1, 0.15) is 11.9 Å². The molecule has 1 fully saturated rings. The normalized spacial score (nSPS) is 17.9. The predicted octanol–water partition coefficient (Wildman–Crippen LogP) is 9.62. The van der Waals surface area contributed by atoms with Crippen LogP contribution in [0.2, 0.25) is 0 Å².